The van der Waals surface area contributed by atoms with Gasteiger partial charge in [-0.1, -0.05) is 170 Å². The summed E-state index contributed by atoms with van der Waals surface area (Å²) in [5.41, 5.74) is 15.5. The van der Waals surface area contributed by atoms with Gasteiger partial charge in [-0.2, -0.15) is 0 Å². The standard InChI is InChI=1S/C56H39FN2/c57-46-31-35-49(36-32-46)59-53-24-14-13-23-51(53)52-38-37-50(39-54(52)59)58(47-21-11-4-12-22-47)48-33-29-41(30-34-48)40-25-27-45(28-26-40)56(44-19-9-3-10-20-44)55(42-15-5-1-6-16-42)43-17-7-2-8-18-43/h1-39H. The quantitative estimate of drug-likeness (QED) is 0.133. The molecule has 0 fully saturated rings. The van der Waals surface area contributed by atoms with Crippen LogP contribution >= 0.6 is 0 Å². The number of hydrogen-bond acceptors (Lipinski definition) is 1. The molecule has 1 heterocycles. The Hall–Kier alpha value is -7.75. The zero-order valence-electron chi connectivity index (χ0n) is 32.3. The summed E-state index contributed by atoms with van der Waals surface area (Å²) in [5.74, 6) is -0.251. The smallest absolute Gasteiger partial charge is 0.123 e. The second-order valence-corrected chi connectivity index (χ2v) is 14.7. The second-order valence-electron chi connectivity index (χ2n) is 14.7. The minimum absolute atomic E-state index is 0.251. The van der Waals surface area contributed by atoms with Crippen LogP contribution in [0.15, 0.2) is 237 Å². The summed E-state index contributed by atoms with van der Waals surface area (Å²) in [4.78, 5) is 2.30. The summed E-state index contributed by atoms with van der Waals surface area (Å²) < 4.78 is 16.3. The zero-order chi connectivity index (χ0) is 39.5. The van der Waals surface area contributed by atoms with Crippen molar-refractivity contribution in [3.8, 4) is 16.8 Å². The molecular weight excluding hydrogens is 720 g/mol. The van der Waals surface area contributed by atoms with Crippen molar-refractivity contribution in [2.45, 2.75) is 0 Å². The van der Waals surface area contributed by atoms with Crippen molar-refractivity contribution < 1.29 is 4.39 Å². The molecule has 280 valence electrons. The fourth-order valence-corrected chi connectivity index (χ4v) is 8.35. The highest BCUT2D eigenvalue weighted by Crippen LogP contribution is 2.41. The summed E-state index contributed by atoms with van der Waals surface area (Å²) in [7, 11) is 0. The molecule has 0 amide bonds. The molecule has 10 rings (SSSR count). The Balaban J connectivity index is 1.05. The van der Waals surface area contributed by atoms with Crippen LogP contribution in [0.4, 0.5) is 21.5 Å². The molecule has 3 heteroatoms. The Labute approximate surface area is 344 Å². The van der Waals surface area contributed by atoms with Crippen molar-refractivity contribution in [2.24, 2.45) is 0 Å². The molecule has 0 aliphatic carbocycles. The first-order valence-corrected chi connectivity index (χ1v) is 20.0. The van der Waals surface area contributed by atoms with Crippen molar-refractivity contribution in [3.05, 3.63) is 265 Å². The van der Waals surface area contributed by atoms with E-state index in [0.29, 0.717) is 0 Å². The van der Waals surface area contributed by atoms with E-state index in [2.05, 4.69) is 216 Å². The van der Waals surface area contributed by atoms with Crippen LogP contribution in [0.5, 0.6) is 0 Å². The summed E-state index contributed by atoms with van der Waals surface area (Å²) in [6.07, 6.45) is 0. The molecule has 0 saturated carbocycles. The van der Waals surface area contributed by atoms with Gasteiger partial charge in [-0.25, -0.2) is 4.39 Å². The molecule has 0 aliphatic rings. The molecule has 10 aromatic rings. The van der Waals surface area contributed by atoms with E-state index in [1.54, 1.807) is 0 Å². The lowest BCUT2D eigenvalue weighted by atomic mass is 9.85. The second kappa shape index (κ2) is 15.7. The number of fused-ring (bicyclic) bond motifs is 3. The minimum Gasteiger partial charge on any atom is -0.310 e. The van der Waals surface area contributed by atoms with E-state index in [0.717, 1.165) is 61.2 Å². The fraction of sp³-hybridized carbons (Fsp3) is 0. The van der Waals surface area contributed by atoms with E-state index in [4.69, 9.17) is 0 Å². The molecule has 0 bridgehead atoms. The van der Waals surface area contributed by atoms with E-state index >= 15 is 0 Å². The van der Waals surface area contributed by atoms with Crippen molar-refractivity contribution in [1.29, 1.82) is 0 Å². The van der Waals surface area contributed by atoms with Gasteiger partial charge in [0, 0.05) is 33.5 Å². The van der Waals surface area contributed by atoms with Crippen molar-refractivity contribution in [2.75, 3.05) is 4.90 Å². The molecule has 0 spiro atoms. The third kappa shape index (κ3) is 6.90. The van der Waals surface area contributed by atoms with Gasteiger partial charge in [-0.3, -0.25) is 0 Å². The molecule has 2 nitrogen and oxygen atoms in total. The molecule has 0 N–H and O–H groups in total. The van der Waals surface area contributed by atoms with Crippen LogP contribution in [0.3, 0.4) is 0 Å². The number of anilines is 3. The van der Waals surface area contributed by atoms with Gasteiger partial charge >= 0.3 is 0 Å². The first kappa shape index (κ1) is 35.6. The van der Waals surface area contributed by atoms with Crippen LogP contribution in [0, 0.1) is 5.82 Å². The van der Waals surface area contributed by atoms with Gasteiger partial charge in [0.2, 0.25) is 0 Å². The number of nitrogens with zero attached hydrogens (tertiary/aromatic N) is 2. The first-order chi connectivity index (χ1) is 29.2. The normalized spacial score (nSPS) is 11.1. The lowest BCUT2D eigenvalue weighted by Gasteiger charge is -2.26. The molecular formula is C56H39FN2. The number of aromatic nitrogens is 1. The minimum atomic E-state index is -0.251. The van der Waals surface area contributed by atoms with Crippen LogP contribution < -0.4 is 4.90 Å². The third-order valence-corrected chi connectivity index (χ3v) is 11.1. The van der Waals surface area contributed by atoms with Gasteiger partial charge < -0.3 is 9.47 Å². The van der Waals surface area contributed by atoms with Crippen molar-refractivity contribution in [1.82, 2.24) is 4.57 Å². The van der Waals surface area contributed by atoms with Crippen LogP contribution in [0.1, 0.15) is 22.3 Å². The Morgan fingerprint density at radius 3 is 1.32 bits per heavy atom. The lowest BCUT2D eigenvalue weighted by Crippen LogP contribution is -2.10. The number of benzene rings is 9. The van der Waals surface area contributed by atoms with Gasteiger partial charge in [0.25, 0.3) is 0 Å². The van der Waals surface area contributed by atoms with E-state index in [1.807, 2.05) is 18.2 Å². The molecule has 1 aromatic heterocycles. The molecule has 9 aromatic carbocycles. The van der Waals surface area contributed by atoms with Crippen molar-refractivity contribution in [3.63, 3.8) is 0 Å². The molecule has 0 unspecified atom stereocenters. The maximum atomic E-state index is 14.1. The van der Waals surface area contributed by atoms with Crippen LogP contribution in [0.25, 0.3) is 49.8 Å². The Bertz CT molecular complexity index is 3000. The van der Waals surface area contributed by atoms with Gasteiger partial charge in [0.05, 0.1) is 11.0 Å². The highest BCUT2D eigenvalue weighted by molar-refractivity contribution is 6.10. The average Bonchev–Trinajstić information content (AvgIpc) is 3.64. The number of hydrogen-bond donors (Lipinski definition) is 0. The topological polar surface area (TPSA) is 8.17 Å². The van der Waals surface area contributed by atoms with E-state index < -0.39 is 0 Å². The SMILES string of the molecule is Fc1ccc(-n2c3ccccc3c3ccc(N(c4ccccc4)c4ccc(-c5ccc(C(=C(c6ccccc6)c6ccccc6)c6ccccc6)cc5)cc4)cc32)cc1. The molecule has 0 saturated heterocycles. The summed E-state index contributed by atoms with van der Waals surface area (Å²) in [6.45, 7) is 0. The predicted molar refractivity (Wildman–Crippen MR) is 245 cm³/mol. The summed E-state index contributed by atoms with van der Waals surface area (Å²) in [5, 5.41) is 2.30. The zero-order valence-corrected chi connectivity index (χ0v) is 32.3. The average molecular weight is 759 g/mol. The maximum absolute atomic E-state index is 14.1. The number of para-hydroxylation sites is 2. The van der Waals surface area contributed by atoms with Crippen LogP contribution in [-0.4, -0.2) is 4.57 Å². The van der Waals surface area contributed by atoms with Gasteiger partial charge in [-0.05, 0) is 111 Å². The van der Waals surface area contributed by atoms with E-state index in [-0.39, 0.29) is 5.82 Å². The Morgan fingerprint density at radius 2 is 0.763 bits per heavy atom. The predicted octanol–water partition coefficient (Wildman–Crippen LogP) is 15.1. The number of rotatable bonds is 9. The van der Waals surface area contributed by atoms with Gasteiger partial charge in [0.15, 0.2) is 0 Å². The van der Waals surface area contributed by atoms with Gasteiger partial charge in [0.1, 0.15) is 5.82 Å². The molecule has 59 heavy (non-hydrogen) atoms. The summed E-state index contributed by atoms with van der Waals surface area (Å²) >= 11 is 0. The highest BCUT2D eigenvalue weighted by atomic mass is 19.1. The molecule has 0 aliphatic heterocycles. The third-order valence-electron chi connectivity index (χ3n) is 11.1. The highest BCUT2D eigenvalue weighted by Gasteiger charge is 2.19. The lowest BCUT2D eigenvalue weighted by molar-refractivity contribution is 0.627. The molecule has 0 atom stereocenters. The Morgan fingerprint density at radius 1 is 0.339 bits per heavy atom. The summed E-state index contributed by atoms with van der Waals surface area (Å²) in [6, 6.07) is 82.1. The largest absolute Gasteiger partial charge is 0.310 e. The van der Waals surface area contributed by atoms with Crippen LogP contribution in [-0.2, 0) is 0 Å². The Kier molecular flexibility index (Phi) is 9.46. The maximum Gasteiger partial charge on any atom is 0.123 e. The monoisotopic (exact) mass is 758 g/mol. The van der Waals surface area contributed by atoms with Crippen molar-refractivity contribution >= 4 is 50.0 Å². The first-order valence-electron chi connectivity index (χ1n) is 20.0. The molecule has 0 radical (unpaired) electrons. The van der Waals surface area contributed by atoms with Gasteiger partial charge in [-0.15, -0.1) is 0 Å². The number of halogens is 1. The van der Waals surface area contributed by atoms with Crippen LogP contribution in [0.2, 0.25) is 0 Å². The van der Waals surface area contributed by atoms with E-state index in [9.17, 15) is 4.39 Å². The fourth-order valence-electron chi connectivity index (χ4n) is 8.35. The van der Waals surface area contributed by atoms with E-state index in [1.165, 1.54) is 40.0 Å².